The molecule has 5 heteroatoms. The summed E-state index contributed by atoms with van der Waals surface area (Å²) < 4.78 is 6.81. The van der Waals surface area contributed by atoms with Crippen LogP contribution in [0.4, 0.5) is 5.69 Å². The number of carbonyl (C=O) groups excluding carboxylic acids is 1. The lowest BCUT2D eigenvalue weighted by atomic mass is 9.99. The second-order valence-electron chi connectivity index (χ2n) is 9.44. The molecule has 1 aliphatic rings. The fraction of sp³-hybridized carbons (Fsp3) is 0.0909. The van der Waals surface area contributed by atoms with Crippen molar-refractivity contribution in [1.29, 1.82) is 0 Å². The number of benzene rings is 4. The molecule has 0 bridgehead atoms. The van der Waals surface area contributed by atoms with E-state index in [1.165, 1.54) is 5.56 Å². The Balaban J connectivity index is 1.46. The Morgan fingerprint density at radius 2 is 1.42 bits per heavy atom. The van der Waals surface area contributed by atoms with Gasteiger partial charge in [-0.15, -0.1) is 0 Å². The first kappa shape index (κ1) is 24.1. The highest BCUT2D eigenvalue weighted by molar-refractivity contribution is 9.10. The van der Waals surface area contributed by atoms with Crippen LogP contribution < -0.4 is 9.64 Å². The van der Waals surface area contributed by atoms with Gasteiger partial charge in [0, 0.05) is 15.6 Å². The average molecular weight is 561 g/mol. The molecule has 186 valence electrons. The van der Waals surface area contributed by atoms with E-state index in [2.05, 4.69) is 71.4 Å². The Hall–Kier alpha value is -4.22. The van der Waals surface area contributed by atoms with Crippen molar-refractivity contribution in [3.05, 3.63) is 125 Å². The summed E-state index contributed by atoms with van der Waals surface area (Å²) in [5, 5.41) is 0. The standard InChI is InChI=1S/C33H25BrN2O2/c1-22-7-9-24(10-8-22)27-17-29(25-11-14-28(34)15-12-25)35-30(18-27)26-13-16-32-31(19-26)36(33(37)21-38-32)20-23-5-3-2-4-6-23/h2-19H,20-21H2,1H3. The lowest BCUT2D eigenvalue weighted by Crippen LogP contribution is -2.38. The smallest absolute Gasteiger partial charge is 0.265 e. The van der Waals surface area contributed by atoms with Crippen molar-refractivity contribution in [2.75, 3.05) is 11.5 Å². The molecule has 0 radical (unpaired) electrons. The number of ether oxygens (including phenoxy) is 1. The molecule has 0 N–H and O–H groups in total. The van der Waals surface area contributed by atoms with Gasteiger partial charge in [-0.3, -0.25) is 4.79 Å². The molecular weight excluding hydrogens is 536 g/mol. The first-order chi connectivity index (χ1) is 18.5. The quantitative estimate of drug-likeness (QED) is 0.218. The van der Waals surface area contributed by atoms with E-state index in [4.69, 9.17) is 9.72 Å². The van der Waals surface area contributed by atoms with E-state index in [9.17, 15) is 4.79 Å². The number of anilines is 1. The zero-order valence-electron chi connectivity index (χ0n) is 20.9. The topological polar surface area (TPSA) is 42.4 Å². The number of aromatic nitrogens is 1. The number of amides is 1. The van der Waals surface area contributed by atoms with Gasteiger partial charge in [0.15, 0.2) is 6.61 Å². The highest BCUT2D eigenvalue weighted by atomic mass is 79.9. The van der Waals surface area contributed by atoms with Crippen LogP contribution in [0.5, 0.6) is 5.75 Å². The first-order valence-corrected chi connectivity index (χ1v) is 13.3. The molecule has 6 rings (SSSR count). The molecule has 2 heterocycles. The summed E-state index contributed by atoms with van der Waals surface area (Å²) >= 11 is 3.53. The predicted octanol–water partition coefficient (Wildman–Crippen LogP) is 8.08. The Kier molecular flexibility index (Phi) is 6.52. The molecule has 0 atom stereocenters. The maximum absolute atomic E-state index is 12.9. The number of hydrogen-bond donors (Lipinski definition) is 0. The van der Waals surface area contributed by atoms with Crippen molar-refractivity contribution in [2.45, 2.75) is 13.5 Å². The Bertz CT molecular complexity index is 1550. The van der Waals surface area contributed by atoms with Crippen LogP contribution in [0.25, 0.3) is 33.6 Å². The van der Waals surface area contributed by atoms with Crippen LogP contribution in [0, 0.1) is 6.92 Å². The van der Waals surface area contributed by atoms with Crippen LogP contribution in [0.1, 0.15) is 11.1 Å². The van der Waals surface area contributed by atoms with Gasteiger partial charge in [0.1, 0.15) is 5.75 Å². The maximum atomic E-state index is 12.9. The van der Waals surface area contributed by atoms with Crippen LogP contribution in [0.2, 0.25) is 0 Å². The van der Waals surface area contributed by atoms with Crippen molar-refractivity contribution >= 4 is 27.5 Å². The summed E-state index contributed by atoms with van der Waals surface area (Å²) in [7, 11) is 0. The van der Waals surface area contributed by atoms with Gasteiger partial charge in [-0.05, 0) is 66.1 Å². The van der Waals surface area contributed by atoms with E-state index in [1.807, 2.05) is 60.7 Å². The average Bonchev–Trinajstić information content (AvgIpc) is 2.95. The molecule has 5 aromatic rings. The summed E-state index contributed by atoms with van der Waals surface area (Å²) in [5.74, 6) is 0.641. The van der Waals surface area contributed by atoms with Gasteiger partial charge in [0.05, 0.1) is 23.6 Å². The molecule has 1 aromatic heterocycles. The Morgan fingerprint density at radius 3 is 2.16 bits per heavy atom. The fourth-order valence-corrected chi connectivity index (χ4v) is 4.92. The second-order valence-corrected chi connectivity index (χ2v) is 10.4. The number of halogens is 1. The zero-order chi connectivity index (χ0) is 26.1. The third kappa shape index (κ3) is 4.98. The molecule has 0 saturated heterocycles. The maximum Gasteiger partial charge on any atom is 0.265 e. The lowest BCUT2D eigenvalue weighted by molar-refractivity contribution is -0.121. The Labute approximate surface area is 230 Å². The van der Waals surface area contributed by atoms with Gasteiger partial charge < -0.3 is 9.64 Å². The minimum Gasteiger partial charge on any atom is -0.482 e. The highest BCUT2D eigenvalue weighted by Gasteiger charge is 2.26. The SMILES string of the molecule is Cc1ccc(-c2cc(-c3ccc(Br)cc3)nc(-c3ccc4c(c3)N(Cc3ccccc3)C(=O)CO4)c2)cc1. The van der Waals surface area contributed by atoms with Crippen molar-refractivity contribution in [3.63, 3.8) is 0 Å². The minimum absolute atomic E-state index is 0.0358. The third-order valence-corrected chi connectivity index (χ3v) is 7.26. The van der Waals surface area contributed by atoms with Crippen molar-refractivity contribution < 1.29 is 9.53 Å². The number of nitrogens with zero attached hydrogens (tertiary/aromatic N) is 2. The van der Waals surface area contributed by atoms with Crippen LogP contribution in [-0.2, 0) is 11.3 Å². The summed E-state index contributed by atoms with van der Waals surface area (Å²) in [5.41, 5.74) is 8.93. The number of fused-ring (bicyclic) bond motifs is 1. The summed E-state index contributed by atoms with van der Waals surface area (Å²) in [4.78, 5) is 19.8. The number of aryl methyl sites for hydroxylation is 1. The van der Waals surface area contributed by atoms with Crippen molar-refractivity contribution in [1.82, 2.24) is 4.98 Å². The van der Waals surface area contributed by atoms with Gasteiger partial charge in [0.2, 0.25) is 0 Å². The molecule has 1 aliphatic heterocycles. The monoisotopic (exact) mass is 560 g/mol. The third-order valence-electron chi connectivity index (χ3n) is 6.73. The molecule has 0 unspecified atom stereocenters. The van der Waals surface area contributed by atoms with Gasteiger partial charge in [-0.25, -0.2) is 4.98 Å². The normalized spacial score (nSPS) is 12.7. The van der Waals surface area contributed by atoms with E-state index in [0.717, 1.165) is 49.4 Å². The van der Waals surface area contributed by atoms with Gasteiger partial charge in [-0.1, -0.05) is 88.2 Å². The molecule has 0 spiro atoms. The molecule has 4 aromatic carbocycles. The molecule has 4 nitrogen and oxygen atoms in total. The largest absolute Gasteiger partial charge is 0.482 e. The van der Waals surface area contributed by atoms with E-state index in [0.29, 0.717) is 12.3 Å². The number of hydrogen-bond acceptors (Lipinski definition) is 3. The predicted molar refractivity (Wildman–Crippen MR) is 156 cm³/mol. The molecule has 0 saturated carbocycles. The van der Waals surface area contributed by atoms with Crippen LogP contribution >= 0.6 is 15.9 Å². The molecular formula is C33H25BrN2O2. The van der Waals surface area contributed by atoms with Crippen LogP contribution in [-0.4, -0.2) is 17.5 Å². The number of carbonyl (C=O) groups is 1. The molecule has 0 aliphatic carbocycles. The van der Waals surface area contributed by atoms with Crippen LogP contribution in [0.3, 0.4) is 0 Å². The van der Waals surface area contributed by atoms with Gasteiger partial charge >= 0.3 is 0 Å². The van der Waals surface area contributed by atoms with E-state index in [1.54, 1.807) is 4.90 Å². The first-order valence-electron chi connectivity index (χ1n) is 12.5. The van der Waals surface area contributed by atoms with Crippen molar-refractivity contribution in [2.24, 2.45) is 0 Å². The van der Waals surface area contributed by atoms with E-state index in [-0.39, 0.29) is 12.5 Å². The summed E-state index contributed by atoms with van der Waals surface area (Å²) in [6.07, 6.45) is 0. The Morgan fingerprint density at radius 1 is 0.763 bits per heavy atom. The highest BCUT2D eigenvalue weighted by Crippen LogP contribution is 2.38. The van der Waals surface area contributed by atoms with Crippen molar-refractivity contribution in [3.8, 4) is 39.4 Å². The molecule has 0 fully saturated rings. The van der Waals surface area contributed by atoms with Gasteiger partial charge in [0.25, 0.3) is 5.91 Å². The van der Waals surface area contributed by atoms with Gasteiger partial charge in [-0.2, -0.15) is 0 Å². The lowest BCUT2D eigenvalue weighted by Gasteiger charge is -2.30. The van der Waals surface area contributed by atoms with E-state index >= 15 is 0 Å². The molecule has 38 heavy (non-hydrogen) atoms. The second kappa shape index (κ2) is 10.3. The molecule has 1 amide bonds. The summed E-state index contributed by atoms with van der Waals surface area (Å²) in [6.45, 7) is 2.61. The van der Waals surface area contributed by atoms with Crippen LogP contribution in [0.15, 0.2) is 114 Å². The summed E-state index contributed by atoms with van der Waals surface area (Å²) in [6, 6.07) is 36.9. The fourth-order valence-electron chi connectivity index (χ4n) is 4.66. The van der Waals surface area contributed by atoms with E-state index < -0.39 is 0 Å². The minimum atomic E-state index is -0.0598. The zero-order valence-corrected chi connectivity index (χ0v) is 22.5. The number of rotatable bonds is 5. The number of pyridine rings is 1.